The van der Waals surface area contributed by atoms with E-state index in [-0.39, 0.29) is 27.9 Å². The molecule has 3 aromatic rings. The average molecular weight is 572 g/mol. The van der Waals surface area contributed by atoms with Crippen LogP contribution in [0.25, 0.3) is 6.08 Å². The molecule has 7 nitrogen and oxygen atoms in total. The smallest absolute Gasteiger partial charge is 0.335 e. The highest BCUT2D eigenvalue weighted by molar-refractivity contribution is 6.43. The van der Waals surface area contributed by atoms with E-state index in [4.69, 9.17) is 44.3 Å². The number of nitrogens with one attached hydrogen (secondary N) is 1. The van der Waals surface area contributed by atoms with Gasteiger partial charge in [0.2, 0.25) is 0 Å². The van der Waals surface area contributed by atoms with Gasteiger partial charge in [0.25, 0.3) is 11.8 Å². The molecule has 1 heterocycles. The predicted octanol–water partition coefficient (Wildman–Crippen LogP) is 6.63. The van der Waals surface area contributed by atoms with Gasteiger partial charge in [-0.25, -0.2) is 9.69 Å². The molecular formula is C28H21Cl3N2O5. The van der Waals surface area contributed by atoms with Gasteiger partial charge >= 0.3 is 6.03 Å². The Morgan fingerprint density at radius 3 is 2.39 bits per heavy atom. The first kappa shape index (κ1) is 27.3. The minimum atomic E-state index is -0.899. The van der Waals surface area contributed by atoms with E-state index in [0.29, 0.717) is 34.1 Å². The van der Waals surface area contributed by atoms with Crippen LogP contribution >= 0.6 is 34.8 Å². The van der Waals surface area contributed by atoms with Crippen LogP contribution in [0.2, 0.25) is 15.1 Å². The molecule has 1 aliphatic heterocycles. The number of barbiturate groups is 1. The van der Waals surface area contributed by atoms with Crippen molar-refractivity contribution in [3.63, 3.8) is 0 Å². The van der Waals surface area contributed by atoms with Crippen molar-refractivity contribution in [3.8, 4) is 11.5 Å². The first-order valence-electron chi connectivity index (χ1n) is 11.3. The van der Waals surface area contributed by atoms with Crippen molar-refractivity contribution in [1.29, 1.82) is 0 Å². The van der Waals surface area contributed by atoms with E-state index < -0.39 is 17.8 Å². The fourth-order valence-corrected chi connectivity index (χ4v) is 4.32. The molecule has 4 amide bonds. The molecule has 1 aliphatic rings. The summed E-state index contributed by atoms with van der Waals surface area (Å²) in [6, 6.07) is 14.1. The first-order chi connectivity index (χ1) is 18.2. The lowest BCUT2D eigenvalue weighted by Crippen LogP contribution is -2.54. The maximum absolute atomic E-state index is 13.3. The van der Waals surface area contributed by atoms with Crippen molar-refractivity contribution in [1.82, 2.24) is 5.32 Å². The number of nitrogens with zero attached hydrogens (tertiary/aromatic N) is 1. The number of benzene rings is 3. The number of anilines is 1. The van der Waals surface area contributed by atoms with Crippen LogP contribution < -0.4 is 19.7 Å². The monoisotopic (exact) mass is 570 g/mol. The number of rotatable bonds is 8. The molecule has 1 saturated heterocycles. The van der Waals surface area contributed by atoms with E-state index in [2.05, 4.69) is 11.9 Å². The van der Waals surface area contributed by atoms with Crippen LogP contribution in [-0.2, 0) is 22.6 Å². The SMILES string of the molecule is C=CCc1cc(/C=C2\C(=O)NC(=O)N(c3ccc(Cl)c(Cl)c3)C2=O)cc(OC)c1OCc1ccccc1Cl. The maximum Gasteiger partial charge on any atom is 0.335 e. The van der Waals surface area contributed by atoms with E-state index >= 15 is 0 Å². The highest BCUT2D eigenvalue weighted by Gasteiger charge is 2.37. The van der Waals surface area contributed by atoms with E-state index in [0.717, 1.165) is 10.5 Å². The van der Waals surface area contributed by atoms with Gasteiger partial charge in [-0.1, -0.05) is 59.1 Å². The van der Waals surface area contributed by atoms with Crippen molar-refractivity contribution in [3.05, 3.63) is 105 Å². The molecule has 1 fully saturated rings. The zero-order valence-electron chi connectivity index (χ0n) is 20.1. The number of carbonyl (C=O) groups is 3. The second-order valence-corrected chi connectivity index (χ2v) is 9.36. The summed E-state index contributed by atoms with van der Waals surface area (Å²) < 4.78 is 11.6. The number of amides is 4. The van der Waals surface area contributed by atoms with Gasteiger partial charge in [0.05, 0.1) is 22.8 Å². The molecular weight excluding hydrogens is 551 g/mol. The summed E-state index contributed by atoms with van der Waals surface area (Å²) in [5.41, 5.74) is 1.88. The number of imide groups is 2. The summed E-state index contributed by atoms with van der Waals surface area (Å²) in [6.45, 7) is 4.00. The van der Waals surface area contributed by atoms with Gasteiger partial charge in [0.1, 0.15) is 12.2 Å². The maximum atomic E-state index is 13.3. The van der Waals surface area contributed by atoms with Gasteiger partial charge in [0, 0.05) is 16.1 Å². The lowest BCUT2D eigenvalue weighted by atomic mass is 10.0. The Bertz CT molecular complexity index is 1490. The van der Waals surface area contributed by atoms with Crippen LogP contribution in [0, 0.1) is 0 Å². The van der Waals surface area contributed by atoms with Gasteiger partial charge in [-0.15, -0.1) is 6.58 Å². The van der Waals surface area contributed by atoms with Gasteiger partial charge in [-0.05, 0) is 54.5 Å². The molecule has 10 heteroatoms. The summed E-state index contributed by atoms with van der Waals surface area (Å²) in [6.07, 6.45) is 3.48. The molecule has 0 aliphatic carbocycles. The average Bonchev–Trinajstić information content (AvgIpc) is 2.88. The molecule has 0 bridgehead atoms. The highest BCUT2D eigenvalue weighted by Crippen LogP contribution is 2.36. The molecule has 194 valence electrons. The number of allylic oxidation sites excluding steroid dienone is 1. The summed E-state index contributed by atoms with van der Waals surface area (Å²) in [5, 5.41) is 3.16. The van der Waals surface area contributed by atoms with E-state index in [9.17, 15) is 14.4 Å². The quantitative estimate of drug-likeness (QED) is 0.186. The second-order valence-electron chi connectivity index (χ2n) is 8.14. The zero-order valence-corrected chi connectivity index (χ0v) is 22.4. The Morgan fingerprint density at radius 1 is 0.947 bits per heavy atom. The molecule has 0 unspecified atom stereocenters. The minimum Gasteiger partial charge on any atom is -0.493 e. The van der Waals surface area contributed by atoms with Crippen molar-refractivity contribution < 1.29 is 23.9 Å². The second kappa shape index (κ2) is 11.7. The lowest BCUT2D eigenvalue weighted by Gasteiger charge is -2.26. The summed E-state index contributed by atoms with van der Waals surface area (Å²) in [4.78, 5) is 39.3. The normalized spacial score (nSPS) is 14.5. The van der Waals surface area contributed by atoms with Crippen molar-refractivity contribution in [2.75, 3.05) is 12.0 Å². The van der Waals surface area contributed by atoms with Crippen LogP contribution in [0.1, 0.15) is 16.7 Å². The lowest BCUT2D eigenvalue weighted by molar-refractivity contribution is -0.122. The molecule has 0 spiro atoms. The number of hydrogen-bond acceptors (Lipinski definition) is 5. The Morgan fingerprint density at radius 2 is 1.71 bits per heavy atom. The van der Waals surface area contributed by atoms with Crippen LogP contribution in [0.3, 0.4) is 0 Å². The number of ether oxygens (including phenoxy) is 2. The third-order valence-corrected chi connectivity index (χ3v) is 6.75. The number of methoxy groups -OCH3 is 1. The fourth-order valence-electron chi connectivity index (χ4n) is 3.84. The summed E-state index contributed by atoms with van der Waals surface area (Å²) in [7, 11) is 1.48. The Balaban J connectivity index is 1.71. The third kappa shape index (κ3) is 5.70. The molecule has 3 aromatic carbocycles. The zero-order chi connectivity index (χ0) is 27.4. The molecule has 38 heavy (non-hydrogen) atoms. The first-order valence-corrected chi connectivity index (χ1v) is 12.4. The largest absolute Gasteiger partial charge is 0.493 e. The van der Waals surface area contributed by atoms with Crippen molar-refractivity contribution >= 4 is 64.4 Å². The number of urea groups is 1. The van der Waals surface area contributed by atoms with Crippen molar-refractivity contribution in [2.24, 2.45) is 0 Å². The predicted molar refractivity (Wildman–Crippen MR) is 148 cm³/mol. The van der Waals surface area contributed by atoms with Crippen LogP contribution in [0.4, 0.5) is 10.5 Å². The molecule has 0 saturated carbocycles. The van der Waals surface area contributed by atoms with E-state index in [1.807, 2.05) is 18.2 Å². The van der Waals surface area contributed by atoms with Crippen LogP contribution in [0.5, 0.6) is 11.5 Å². The van der Waals surface area contributed by atoms with Gasteiger partial charge < -0.3 is 9.47 Å². The standard InChI is InChI=1S/C28H21Cl3N2O5/c1-3-6-17-11-16(13-24(37-2)25(17)38-15-18-7-4-5-8-21(18)29)12-20-26(34)32-28(36)33(27(20)35)19-9-10-22(30)23(31)14-19/h3-5,7-14H,1,6,15H2,2H3,(H,32,34,36)/b20-12+. The van der Waals surface area contributed by atoms with E-state index in [1.54, 1.807) is 24.3 Å². The highest BCUT2D eigenvalue weighted by atomic mass is 35.5. The molecule has 4 rings (SSSR count). The summed E-state index contributed by atoms with van der Waals surface area (Å²) >= 11 is 18.3. The number of halogens is 3. The topological polar surface area (TPSA) is 84.9 Å². The van der Waals surface area contributed by atoms with Crippen LogP contribution in [0.15, 0.2) is 72.8 Å². The molecule has 0 aromatic heterocycles. The molecule has 0 atom stereocenters. The van der Waals surface area contributed by atoms with E-state index in [1.165, 1.54) is 31.4 Å². The Labute approximate surface area is 234 Å². The van der Waals surface area contributed by atoms with Crippen LogP contribution in [-0.4, -0.2) is 25.0 Å². The Kier molecular flexibility index (Phi) is 8.42. The van der Waals surface area contributed by atoms with Gasteiger partial charge in [-0.2, -0.15) is 0 Å². The fraction of sp³-hybridized carbons (Fsp3) is 0.107. The van der Waals surface area contributed by atoms with Crippen molar-refractivity contribution in [2.45, 2.75) is 13.0 Å². The summed E-state index contributed by atoms with van der Waals surface area (Å²) in [5.74, 6) is -0.800. The number of hydrogen-bond donors (Lipinski definition) is 1. The molecule has 0 radical (unpaired) electrons. The minimum absolute atomic E-state index is 0.151. The Hall–Kier alpha value is -3.78. The number of carbonyl (C=O) groups excluding carboxylic acids is 3. The van der Waals surface area contributed by atoms with Gasteiger partial charge in [0.15, 0.2) is 11.5 Å². The van der Waals surface area contributed by atoms with Gasteiger partial charge in [-0.3, -0.25) is 14.9 Å². The third-order valence-electron chi connectivity index (χ3n) is 5.64. The molecule has 1 N–H and O–H groups in total.